The van der Waals surface area contributed by atoms with Crippen LogP contribution in [0.2, 0.25) is 0 Å². The molecule has 2 aromatic rings. The molecule has 4 heteroatoms. The van der Waals surface area contributed by atoms with Crippen molar-refractivity contribution in [2.45, 2.75) is 26.8 Å². The third-order valence-corrected chi connectivity index (χ3v) is 2.63. The molecule has 1 N–H and O–H groups in total. The van der Waals surface area contributed by atoms with E-state index in [1.54, 1.807) is 6.21 Å². The number of nitrogens with zero attached hydrogens (tertiary/aromatic N) is 2. The maximum atomic E-state index is 12.2. The van der Waals surface area contributed by atoms with Gasteiger partial charge in [0.1, 0.15) is 0 Å². The van der Waals surface area contributed by atoms with Gasteiger partial charge in [-0.15, -0.1) is 0 Å². The van der Waals surface area contributed by atoms with Gasteiger partial charge in [-0.25, -0.2) is 4.68 Å². The minimum Gasteiger partial charge on any atom is -0.295 e. The molecule has 2 rings (SSSR count). The summed E-state index contributed by atoms with van der Waals surface area (Å²) in [6.45, 7) is 5.84. The number of aliphatic imine (C=N–C) groups is 1. The molecule has 0 saturated heterocycles. The zero-order valence-electron chi connectivity index (χ0n) is 10.8. The van der Waals surface area contributed by atoms with Gasteiger partial charge in [0.25, 0.3) is 5.56 Å². The molecule has 0 radical (unpaired) electrons. The first-order valence-electron chi connectivity index (χ1n) is 6.00. The van der Waals surface area contributed by atoms with E-state index in [4.69, 9.17) is 0 Å². The van der Waals surface area contributed by atoms with Gasteiger partial charge in [-0.1, -0.05) is 18.2 Å². The molecule has 1 heterocycles. The van der Waals surface area contributed by atoms with Gasteiger partial charge in [0.05, 0.1) is 11.3 Å². The number of hydrogen-bond donors (Lipinski definition) is 1. The van der Waals surface area contributed by atoms with Crippen LogP contribution < -0.4 is 5.56 Å². The molecule has 0 saturated carbocycles. The van der Waals surface area contributed by atoms with Crippen molar-refractivity contribution in [3.05, 3.63) is 51.9 Å². The molecule has 0 bridgehead atoms. The van der Waals surface area contributed by atoms with Crippen LogP contribution in [0.25, 0.3) is 5.69 Å². The number of aromatic nitrogens is 2. The minimum absolute atomic E-state index is 0.0666. The SMILES string of the molecule is Cc1[nH]n(-c2ccccc2)c(=O)c1C=NC(C)C. The second-order valence-corrected chi connectivity index (χ2v) is 4.50. The maximum Gasteiger partial charge on any atom is 0.280 e. The average Bonchev–Trinajstić information content (AvgIpc) is 2.63. The highest BCUT2D eigenvalue weighted by atomic mass is 16.1. The van der Waals surface area contributed by atoms with Gasteiger partial charge >= 0.3 is 0 Å². The van der Waals surface area contributed by atoms with E-state index in [9.17, 15) is 4.79 Å². The van der Waals surface area contributed by atoms with E-state index in [-0.39, 0.29) is 11.6 Å². The topological polar surface area (TPSA) is 50.1 Å². The predicted molar refractivity (Wildman–Crippen MR) is 73.9 cm³/mol. The number of aromatic amines is 1. The molecular formula is C14H17N3O. The lowest BCUT2D eigenvalue weighted by Crippen LogP contribution is -2.17. The summed E-state index contributed by atoms with van der Waals surface area (Å²) in [7, 11) is 0. The number of H-pyrrole nitrogens is 1. The van der Waals surface area contributed by atoms with E-state index in [0.29, 0.717) is 5.56 Å². The normalized spacial score (nSPS) is 11.6. The van der Waals surface area contributed by atoms with Crippen molar-refractivity contribution in [3.8, 4) is 5.69 Å². The number of aryl methyl sites for hydroxylation is 1. The van der Waals surface area contributed by atoms with Crippen molar-refractivity contribution >= 4 is 6.21 Å². The molecule has 1 aromatic carbocycles. The summed E-state index contributed by atoms with van der Waals surface area (Å²) < 4.78 is 1.54. The second-order valence-electron chi connectivity index (χ2n) is 4.50. The Kier molecular flexibility index (Phi) is 3.46. The fourth-order valence-electron chi connectivity index (χ4n) is 1.69. The number of rotatable bonds is 3. The van der Waals surface area contributed by atoms with E-state index in [1.165, 1.54) is 4.68 Å². The van der Waals surface area contributed by atoms with Crippen molar-refractivity contribution < 1.29 is 0 Å². The number of para-hydroxylation sites is 1. The van der Waals surface area contributed by atoms with Gasteiger partial charge in [-0.3, -0.25) is 14.9 Å². The lowest BCUT2D eigenvalue weighted by Gasteiger charge is -1.99. The lowest BCUT2D eigenvalue weighted by atomic mass is 10.3. The van der Waals surface area contributed by atoms with Crippen molar-refractivity contribution in [3.63, 3.8) is 0 Å². The Bertz CT molecular complexity index is 606. The van der Waals surface area contributed by atoms with Crippen LogP contribution in [0.5, 0.6) is 0 Å². The number of hydrogen-bond acceptors (Lipinski definition) is 2. The summed E-state index contributed by atoms with van der Waals surface area (Å²) in [4.78, 5) is 16.5. The molecule has 1 aromatic heterocycles. The van der Waals surface area contributed by atoms with Crippen LogP contribution in [0.1, 0.15) is 25.1 Å². The Morgan fingerprint density at radius 3 is 2.56 bits per heavy atom. The van der Waals surface area contributed by atoms with Crippen LogP contribution in [-0.2, 0) is 0 Å². The predicted octanol–water partition coefficient (Wildman–Crippen LogP) is 2.30. The van der Waals surface area contributed by atoms with E-state index >= 15 is 0 Å². The Labute approximate surface area is 106 Å². The first-order valence-corrected chi connectivity index (χ1v) is 6.00. The van der Waals surface area contributed by atoms with Gasteiger partial charge in [0.2, 0.25) is 0 Å². The van der Waals surface area contributed by atoms with Crippen LogP contribution in [0.4, 0.5) is 0 Å². The highest BCUT2D eigenvalue weighted by Crippen LogP contribution is 2.05. The first kappa shape index (κ1) is 12.4. The van der Waals surface area contributed by atoms with Gasteiger partial charge in [-0.2, -0.15) is 0 Å². The lowest BCUT2D eigenvalue weighted by molar-refractivity contribution is 0.834. The molecule has 0 aliphatic carbocycles. The van der Waals surface area contributed by atoms with Gasteiger partial charge < -0.3 is 0 Å². The molecule has 0 spiro atoms. The van der Waals surface area contributed by atoms with Gasteiger partial charge in [0, 0.05) is 18.0 Å². The molecule has 0 aliphatic heterocycles. The number of nitrogens with one attached hydrogen (secondary N) is 1. The van der Waals surface area contributed by atoms with Crippen LogP contribution in [0.15, 0.2) is 40.1 Å². The van der Waals surface area contributed by atoms with E-state index in [2.05, 4.69) is 10.1 Å². The molecule has 0 amide bonds. The smallest absolute Gasteiger partial charge is 0.280 e. The van der Waals surface area contributed by atoms with Crippen LogP contribution in [0.3, 0.4) is 0 Å². The first-order chi connectivity index (χ1) is 8.59. The van der Waals surface area contributed by atoms with Crippen molar-refractivity contribution in [2.24, 2.45) is 4.99 Å². The second kappa shape index (κ2) is 5.04. The zero-order chi connectivity index (χ0) is 13.1. The van der Waals surface area contributed by atoms with Crippen LogP contribution in [-0.4, -0.2) is 22.0 Å². The Balaban J connectivity index is 2.48. The third kappa shape index (κ3) is 2.42. The summed E-state index contributed by atoms with van der Waals surface area (Å²) in [5.41, 5.74) is 2.21. The molecule has 0 unspecified atom stereocenters. The highest BCUT2D eigenvalue weighted by Gasteiger charge is 2.10. The molecule has 18 heavy (non-hydrogen) atoms. The van der Waals surface area contributed by atoms with Crippen molar-refractivity contribution in [1.29, 1.82) is 0 Å². The van der Waals surface area contributed by atoms with Crippen molar-refractivity contribution in [2.75, 3.05) is 0 Å². The van der Waals surface area contributed by atoms with Gasteiger partial charge in [-0.05, 0) is 32.9 Å². The molecular weight excluding hydrogens is 226 g/mol. The van der Waals surface area contributed by atoms with Crippen LogP contribution >= 0.6 is 0 Å². The Morgan fingerprint density at radius 2 is 1.94 bits per heavy atom. The summed E-state index contributed by atoms with van der Waals surface area (Å²) in [6.07, 6.45) is 1.65. The average molecular weight is 243 g/mol. The largest absolute Gasteiger partial charge is 0.295 e. The molecule has 94 valence electrons. The van der Waals surface area contributed by atoms with E-state index < -0.39 is 0 Å². The fraction of sp³-hybridized carbons (Fsp3) is 0.286. The third-order valence-electron chi connectivity index (χ3n) is 2.63. The van der Waals surface area contributed by atoms with E-state index in [1.807, 2.05) is 51.1 Å². The molecule has 4 nitrogen and oxygen atoms in total. The summed E-state index contributed by atoms with van der Waals surface area (Å²) >= 11 is 0. The minimum atomic E-state index is -0.0666. The quantitative estimate of drug-likeness (QED) is 0.826. The Hall–Kier alpha value is -2.10. The Morgan fingerprint density at radius 1 is 1.28 bits per heavy atom. The van der Waals surface area contributed by atoms with Gasteiger partial charge in [0.15, 0.2) is 0 Å². The van der Waals surface area contributed by atoms with Crippen LogP contribution in [0, 0.1) is 6.92 Å². The molecule has 0 atom stereocenters. The summed E-state index contributed by atoms with van der Waals surface area (Å²) in [6, 6.07) is 9.69. The fourth-order valence-corrected chi connectivity index (χ4v) is 1.69. The molecule has 0 aliphatic rings. The highest BCUT2D eigenvalue weighted by molar-refractivity contribution is 5.80. The zero-order valence-corrected chi connectivity index (χ0v) is 10.8. The van der Waals surface area contributed by atoms with E-state index in [0.717, 1.165) is 11.4 Å². The molecule has 0 fully saturated rings. The maximum absolute atomic E-state index is 12.2. The summed E-state index contributed by atoms with van der Waals surface area (Å²) in [5, 5.41) is 3.07. The van der Waals surface area contributed by atoms with Crippen molar-refractivity contribution in [1.82, 2.24) is 9.78 Å². The monoisotopic (exact) mass is 243 g/mol. The number of benzene rings is 1. The summed E-state index contributed by atoms with van der Waals surface area (Å²) in [5.74, 6) is 0. The standard InChI is InChI=1S/C14H17N3O/c1-10(2)15-9-13-11(3)16-17(14(13)18)12-7-5-4-6-8-12/h4-10,16H,1-3H3.